The van der Waals surface area contributed by atoms with Gasteiger partial charge in [0, 0.05) is 4.90 Å². The third-order valence-electron chi connectivity index (χ3n) is 2.65. The van der Waals surface area contributed by atoms with Crippen molar-refractivity contribution in [1.82, 2.24) is 0 Å². The van der Waals surface area contributed by atoms with Crippen molar-refractivity contribution in [2.75, 3.05) is 5.75 Å². The number of unbranched alkanes of at least 4 members (excludes halogenated alkanes) is 1. The van der Waals surface area contributed by atoms with Crippen LogP contribution in [0.1, 0.15) is 31.9 Å². The van der Waals surface area contributed by atoms with Crippen LogP contribution < -0.4 is 5.73 Å². The molecule has 0 radical (unpaired) electrons. The Morgan fingerprint density at radius 2 is 2.29 bits per heavy atom. The number of hydrogen-bond donors (Lipinski definition) is 2. The Kier molecular flexibility index (Phi) is 5.08. The molecule has 1 aromatic rings. The molecule has 1 rings (SSSR count). The summed E-state index contributed by atoms with van der Waals surface area (Å²) >= 11 is 1.73. The van der Waals surface area contributed by atoms with Crippen molar-refractivity contribution in [3.05, 3.63) is 18.1 Å². The van der Waals surface area contributed by atoms with E-state index in [2.05, 4.69) is 0 Å². The molecule has 0 aliphatic heterocycles. The summed E-state index contributed by atoms with van der Waals surface area (Å²) in [5.74, 6) is 0.954. The highest BCUT2D eigenvalue weighted by Gasteiger charge is 2.26. The highest BCUT2D eigenvalue weighted by Crippen LogP contribution is 2.24. The van der Waals surface area contributed by atoms with E-state index in [1.165, 1.54) is 0 Å². The van der Waals surface area contributed by atoms with Crippen molar-refractivity contribution >= 4 is 17.7 Å². The van der Waals surface area contributed by atoms with Gasteiger partial charge in [0.1, 0.15) is 11.3 Å². The van der Waals surface area contributed by atoms with Crippen molar-refractivity contribution in [2.45, 2.75) is 43.5 Å². The lowest BCUT2D eigenvalue weighted by Crippen LogP contribution is -2.44. The topological polar surface area (TPSA) is 76.5 Å². The zero-order valence-electron chi connectivity index (χ0n) is 10.2. The van der Waals surface area contributed by atoms with Crippen LogP contribution in [0, 0.1) is 6.92 Å². The Morgan fingerprint density at radius 1 is 1.59 bits per heavy atom. The molecule has 0 bridgehead atoms. The van der Waals surface area contributed by atoms with Gasteiger partial charge in [0.2, 0.25) is 0 Å². The van der Waals surface area contributed by atoms with E-state index in [1.807, 2.05) is 13.0 Å². The van der Waals surface area contributed by atoms with E-state index in [0.717, 1.165) is 29.3 Å². The quantitative estimate of drug-likeness (QED) is 0.580. The second-order valence-electron chi connectivity index (χ2n) is 4.37. The number of hydrogen-bond acceptors (Lipinski definition) is 4. The smallest absolute Gasteiger partial charge is 0.323 e. The predicted molar refractivity (Wildman–Crippen MR) is 68.2 cm³/mol. The summed E-state index contributed by atoms with van der Waals surface area (Å²) in [5, 5.41) is 8.84. The van der Waals surface area contributed by atoms with Crippen molar-refractivity contribution in [3.63, 3.8) is 0 Å². The van der Waals surface area contributed by atoms with Gasteiger partial charge in [-0.3, -0.25) is 4.79 Å². The lowest BCUT2D eigenvalue weighted by molar-refractivity contribution is -0.142. The van der Waals surface area contributed by atoms with Gasteiger partial charge < -0.3 is 15.3 Å². The molecule has 3 N–H and O–H groups in total. The van der Waals surface area contributed by atoms with Gasteiger partial charge >= 0.3 is 5.97 Å². The zero-order chi connectivity index (χ0) is 12.9. The lowest BCUT2D eigenvalue weighted by Gasteiger charge is -2.18. The summed E-state index contributed by atoms with van der Waals surface area (Å²) in [5.41, 5.74) is 4.54. The minimum Gasteiger partial charge on any atom is -0.480 e. The number of furan rings is 1. The fourth-order valence-corrected chi connectivity index (χ4v) is 2.38. The van der Waals surface area contributed by atoms with Crippen molar-refractivity contribution in [1.29, 1.82) is 0 Å². The molecule has 1 aromatic heterocycles. The molecule has 96 valence electrons. The minimum absolute atomic E-state index is 0.507. The lowest BCUT2D eigenvalue weighted by atomic mass is 9.97. The van der Waals surface area contributed by atoms with E-state index in [4.69, 9.17) is 15.3 Å². The number of aryl methyl sites for hydroxylation is 1. The van der Waals surface area contributed by atoms with Gasteiger partial charge in [-0.25, -0.2) is 0 Å². The maximum atomic E-state index is 10.8. The molecule has 0 aromatic carbocycles. The average molecular weight is 257 g/mol. The van der Waals surface area contributed by atoms with Crippen molar-refractivity contribution in [3.8, 4) is 0 Å². The van der Waals surface area contributed by atoms with E-state index >= 15 is 0 Å². The Hall–Kier alpha value is -0.940. The molecule has 0 amide bonds. The Bertz CT molecular complexity index is 374. The summed E-state index contributed by atoms with van der Waals surface area (Å²) < 4.78 is 5.19. The summed E-state index contributed by atoms with van der Waals surface area (Å²) in [7, 11) is 0. The number of carboxylic acid groups (broad SMARTS) is 1. The highest BCUT2D eigenvalue weighted by molar-refractivity contribution is 7.99. The maximum absolute atomic E-state index is 10.8. The predicted octanol–water partition coefficient (Wildman–Crippen LogP) is 2.65. The summed E-state index contributed by atoms with van der Waals surface area (Å²) in [6, 6.07) is 1.95. The van der Waals surface area contributed by atoms with Crippen LogP contribution in [-0.4, -0.2) is 22.4 Å². The van der Waals surface area contributed by atoms with Crippen LogP contribution in [0.25, 0.3) is 0 Å². The van der Waals surface area contributed by atoms with E-state index in [-0.39, 0.29) is 0 Å². The van der Waals surface area contributed by atoms with E-state index in [1.54, 1.807) is 24.9 Å². The summed E-state index contributed by atoms with van der Waals surface area (Å²) in [6.45, 7) is 3.49. The molecule has 4 nitrogen and oxygen atoms in total. The molecule has 0 fully saturated rings. The van der Waals surface area contributed by atoms with Crippen LogP contribution in [0.4, 0.5) is 0 Å². The van der Waals surface area contributed by atoms with Gasteiger partial charge in [0.05, 0.1) is 6.26 Å². The molecule has 0 aliphatic rings. The summed E-state index contributed by atoms with van der Waals surface area (Å²) in [6.07, 6.45) is 3.96. The Labute approximate surface area is 106 Å². The maximum Gasteiger partial charge on any atom is 0.323 e. The second kappa shape index (κ2) is 6.12. The SMILES string of the molecule is Cc1occc1SCCCCC(C)(N)C(=O)O. The van der Waals surface area contributed by atoms with Gasteiger partial charge in [-0.1, -0.05) is 6.42 Å². The molecule has 0 saturated carbocycles. The number of nitrogens with two attached hydrogens (primary N) is 1. The van der Waals surface area contributed by atoms with E-state index in [9.17, 15) is 4.79 Å². The first-order valence-corrected chi connectivity index (χ1v) is 6.61. The largest absolute Gasteiger partial charge is 0.480 e. The fourth-order valence-electron chi connectivity index (χ4n) is 1.41. The van der Waals surface area contributed by atoms with Crippen LogP contribution in [-0.2, 0) is 4.79 Å². The number of carboxylic acids is 1. The normalized spacial score (nSPS) is 14.5. The number of rotatable bonds is 7. The van der Waals surface area contributed by atoms with Gasteiger partial charge in [-0.05, 0) is 38.5 Å². The first-order valence-electron chi connectivity index (χ1n) is 5.62. The molecular weight excluding hydrogens is 238 g/mol. The van der Waals surface area contributed by atoms with Crippen LogP contribution in [0.2, 0.25) is 0 Å². The van der Waals surface area contributed by atoms with Gasteiger partial charge in [-0.2, -0.15) is 0 Å². The third-order valence-corrected chi connectivity index (χ3v) is 3.88. The number of aliphatic carboxylic acids is 1. The second-order valence-corrected chi connectivity index (χ2v) is 5.51. The average Bonchev–Trinajstić information content (AvgIpc) is 2.63. The molecule has 1 atom stereocenters. The van der Waals surface area contributed by atoms with Crippen LogP contribution in [0.5, 0.6) is 0 Å². The molecule has 0 spiro atoms. The molecular formula is C12H19NO3S. The summed E-state index contributed by atoms with van der Waals surface area (Å²) in [4.78, 5) is 11.9. The molecule has 0 saturated heterocycles. The third kappa shape index (κ3) is 4.44. The van der Waals surface area contributed by atoms with E-state index < -0.39 is 11.5 Å². The Morgan fingerprint density at radius 3 is 2.82 bits per heavy atom. The molecule has 17 heavy (non-hydrogen) atoms. The van der Waals surface area contributed by atoms with Crippen molar-refractivity contribution in [2.24, 2.45) is 5.73 Å². The fraction of sp³-hybridized carbons (Fsp3) is 0.583. The van der Waals surface area contributed by atoms with Gasteiger partial charge in [-0.15, -0.1) is 11.8 Å². The number of thioether (sulfide) groups is 1. The minimum atomic E-state index is -1.10. The highest BCUT2D eigenvalue weighted by atomic mass is 32.2. The Balaban J connectivity index is 2.17. The molecule has 1 unspecified atom stereocenters. The molecule has 1 heterocycles. The first kappa shape index (κ1) is 14.1. The van der Waals surface area contributed by atoms with Crippen LogP contribution in [0.3, 0.4) is 0 Å². The number of carbonyl (C=O) groups is 1. The molecule has 0 aliphatic carbocycles. The van der Waals surface area contributed by atoms with Crippen LogP contribution in [0.15, 0.2) is 21.6 Å². The van der Waals surface area contributed by atoms with E-state index in [0.29, 0.717) is 6.42 Å². The van der Waals surface area contributed by atoms with Gasteiger partial charge in [0.25, 0.3) is 0 Å². The molecule has 5 heteroatoms. The standard InChI is InChI=1S/C12H19NO3S/c1-9-10(5-7-16-9)17-8-4-3-6-12(2,13)11(14)15/h5,7H,3-4,6,8,13H2,1-2H3,(H,14,15). The monoisotopic (exact) mass is 257 g/mol. The zero-order valence-corrected chi connectivity index (χ0v) is 11.0. The van der Waals surface area contributed by atoms with Crippen LogP contribution >= 0.6 is 11.8 Å². The van der Waals surface area contributed by atoms with Crippen molar-refractivity contribution < 1.29 is 14.3 Å². The first-order chi connectivity index (χ1) is 7.93. The van der Waals surface area contributed by atoms with Gasteiger partial charge in [0.15, 0.2) is 0 Å².